The van der Waals surface area contributed by atoms with Gasteiger partial charge in [-0.1, -0.05) is 25.1 Å². The minimum Gasteiger partial charge on any atom is -0.491 e. The molecule has 1 aliphatic rings. The average molecular weight is 278 g/mol. The summed E-state index contributed by atoms with van der Waals surface area (Å²) in [6, 6.07) is 7.04. The zero-order valence-electron chi connectivity index (χ0n) is 11.5. The van der Waals surface area contributed by atoms with E-state index < -0.39 is 11.9 Å². The lowest BCUT2D eigenvalue weighted by Gasteiger charge is -2.22. The Morgan fingerprint density at radius 2 is 2.20 bits per heavy atom. The number of rotatable bonds is 4. The normalized spacial score (nSPS) is 17.8. The Balaban J connectivity index is 1.94. The van der Waals surface area contributed by atoms with Crippen LogP contribution in [0.2, 0.25) is 0 Å². The number of amides is 2. The van der Waals surface area contributed by atoms with Gasteiger partial charge in [-0.25, -0.2) is 4.79 Å². The number of fused-ring (bicyclic) bond motifs is 1. The van der Waals surface area contributed by atoms with Gasteiger partial charge in [-0.3, -0.25) is 4.79 Å². The van der Waals surface area contributed by atoms with Gasteiger partial charge in [0.1, 0.15) is 12.4 Å². The molecule has 0 aromatic heterocycles. The van der Waals surface area contributed by atoms with Crippen LogP contribution in [0, 0.1) is 5.92 Å². The average Bonchev–Trinajstić information content (AvgIpc) is 2.82. The number of hydrogen-bond acceptors (Lipinski definition) is 3. The van der Waals surface area contributed by atoms with Crippen molar-refractivity contribution in [1.29, 1.82) is 0 Å². The van der Waals surface area contributed by atoms with Crippen LogP contribution < -0.4 is 10.1 Å². The fraction of sp³-hybridized carbons (Fsp3) is 0.429. The Kier molecular flexibility index (Phi) is 4.12. The van der Waals surface area contributed by atoms with Gasteiger partial charge in [0, 0.05) is 19.2 Å². The molecule has 2 amide bonds. The highest BCUT2D eigenvalue weighted by molar-refractivity contribution is 5.76. The third-order valence-corrected chi connectivity index (χ3v) is 3.31. The highest BCUT2D eigenvalue weighted by atomic mass is 16.5. The first-order valence-corrected chi connectivity index (χ1v) is 6.45. The summed E-state index contributed by atoms with van der Waals surface area (Å²) in [4.78, 5) is 24.2. The smallest absolute Gasteiger partial charge is 0.317 e. The molecule has 20 heavy (non-hydrogen) atoms. The van der Waals surface area contributed by atoms with Crippen LogP contribution in [-0.2, 0) is 4.79 Å². The number of nitrogens with one attached hydrogen (secondary N) is 1. The third-order valence-electron chi connectivity index (χ3n) is 3.31. The van der Waals surface area contributed by atoms with Crippen LogP contribution in [-0.4, -0.2) is 42.2 Å². The molecular weight excluding hydrogens is 260 g/mol. The number of nitrogens with zero attached hydrogens (tertiary/aromatic N) is 1. The maximum atomic E-state index is 12.0. The summed E-state index contributed by atoms with van der Waals surface area (Å²) in [5.74, 6) is -0.739. The predicted molar refractivity (Wildman–Crippen MR) is 72.6 cm³/mol. The summed E-state index contributed by atoms with van der Waals surface area (Å²) in [5, 5.41) is 11.7. The highest BCUT2D eigenvalue weighted by Crippen LogP contribution is 2.31. The molecule has 0 fully saturated rings. The number of urea groups is 1. The van der Waals surface area contributed by atoms with E-state index in [1.54, 1.807) is 14.0 Å². The van der Waals surface area contributed by atoms with E-state index in [1.807, 2.05) is 24.3 Å². The van der Waals surface area contributed by atoms with Crippen LogP contribution in [0.4, 0.5) is 4.79 Å². The standard InChI is InChI=1S/C14H18N2O4/c1-9(13(17)18)7-16(2)14(19)15-11-8-20-12-6-4-3-5-10(11)12/h3-6,9,11H,7-8H2,1-2H3,(H,15,19)(H,17,18). The zero-order valence-corrected chi connectivity index (χ0v) is 11.5. The number of aliphatic carboxylic acids is 1. The van der Waals surface area contributed by atoms with Crippen LogP contribution in [0.25, 0.3) is 0 Å². The van der Waals surface area contributed by atoms with Gasteiger partial charge in [0.25, 0.3) is 0 Å². The molecule has 1 aromatic carbocycles. The van der Waals surface area contributed by atoms with Gasteiger partial charge >= 0.3 is 12.0 Å². The number of hydrogen-bond donors (Lipinski definition) is 2. The number of carboxylic acid groups (broad SMARTS) is 1. The summed E-state index contributed by atoms with van der Waals surface area (Å²) >= 11 is 0. The Morgan fingerprint density at radius 3 is 2.90 bits per heavy atom. The van der Waals surface area contributed by atoms with Gasteiger partial charge in [-0.05, 0) is 6.07 Å². The highest BCUT2D eigenvalue weighted by Gasteiger charge is 2.26. The van der Waals surface area contributed by atoms with Crippen molar-refractivity contribution >= 4 is 12.0 Å². The SMILES string of the molecule is CC(CN(C)C(=O)NC1COc2ccccc21)C(=O)O. The van der Waals surface area contributed by atoms with E-state index in [4.69, 9.17) is 9.84 Å². The monoisotopic (exact) mass is 278 g/mol. The van der Waals surface area contributed by atoms with Crippen molar-refractivity contribution in [3.63, 3.8) is 0 Å². The van der Waals surface area contributed by atoms with Crippen molar-refractivity contribution < 1.29 is 19.4 Å². The van der Waals surface area contributed by atoms with Gasteiger partial charge < -0.3 is 20.1 Å². The van der Waals surface area contributed by atoms with E-state index >= 15 is 0 Å². The van der Waals surface area contributed by atoms with Gasteiger partial charge in [0.15, 0.2) is 0 Å². The molecule has 0 saturated carbocycles. The first-order chi connectivity index (χ1) is 9.49. The van der Waals surface area contributed by atoms with Crippen LogP contribution in [0.15, 0.2) is 24.3 Å². The fourth-order valence-electron chi connectivity index (χ4n) is 2.11. The largest absolute Gasteiger partial charge is 0.491 e. The van der Waals surface area contributed by atoms with E-state index in [9.17, 15) is 9.59 Å². The van der Waals surface area contributed by atoms with Crippen molar-refractivity contribution in [3.05, 3.63) is 29.8 Å². The topological polar surface area (TPSA) is 78.9 Å². The second-order valence-electron chi connectivity index (χ2n) is 4.97. The first kappa shape index (κ1) is 14.2. The lowest BCUT2D eigenvalue weighted by molar-refractivity contribution is -0.141. The van der Waals surface area contributed by atoms with Crippen LogP contribution in [0.3, 0.4) is 0 Å². The number of carbonyl (C=O) groups is 2. The molecule has 6 nitrogen and oxygen atoms in total. The molecule has 1 aromatic rings. The van der Waals surface area contributed by atoms with Crippen molar-refractivity contribution in [2.45, 2.75) is 13.0 Å². The minimum absolute atomic E-state index is 0.163. The van der Waals surface area contributed by atoms with Crippen molar-refractivity contribution in [3.8, 4) is 5.75 Å². The lowest BCUT2D eigenvalue weighted by atomic mass is 10.1. The lowest BCUT2D eigenvalue weighted by Crippen LogP contribution is -2.42. The molecule has 0 spiro atoms. The molecule has 0 bridgehead atoms. The maximum absolute atomic E-state index is 12.0. The van der Waals surface area contributed by atoms with Gasteiger partial charge in [0.2, 0.25) is 0 Å². The molecular formula is C14H18N2O4. The van der Waals surface area contributed by atoms with Crippen LogP contribution in [0.1, 0.15) is 18.5 Å². The van der Waals surface area contributed by atoms with Crippen LogP contribution in [0.5, 0.6) is 5.75 Å². The summed E-state index contributed by atoms with van der Waals surface area (Å²) in [7, 11) is 1.58. The number of ether oxygens (including phenoxy) is 1. The van der Waals surface area contributed by atoms with Crippen LogP contribution >= 0.6 is 0 Å². The number of carbonyl (C=O) groups excluding carboxylic acids is 1. The molecule has 0 saturated heterocycles. The molecule has 1 heterocycles. The fourth-order valence-corrected chi connectivity index (χ4v) is 2.11. The third kappa shape index (κ3) is 3.01. The Hall–Kier alpha value is -2.24. The van der Waals surface area contributed by atoms with Gasteiger partial charge in [0.05, 0.1) is 12.0 Å². The summed E-state index contributed by atoms with van der Waals surface area (Å²) < 4.78 is 5.48. The van der Waals surface area contributed by atoms with E-state index in [1.165, 1.54) is 4.90 Å². The van der Waals surface area contributed by atoms with Crippen molar-refractivity contribution in [2.24, 2.45) is 5.92 Å². The van der Waals surface area contributed by atoms with Crippen molar-refractivity contribution in [2.75, 3.05) is 20.2 Å². The van der Waals surface area contributed by atoms with Gasteiger partial charge in [-0.15, -0.1) is 0 Å². The van der Waals surface area contributed by atoms with Crippen molar-refractivity contribution in [1.82, 2.24) is 10.2 Å². The second-order valence-corrected chi connectivity index (χ2v) is 4.97. The van der Waals surface area contributed by atoms with E-state index in [0.29, 0.717) is 6.61 Å². The molecule has 6 heteroatoms. The van der Waals surface area contributed by atoms with Gasteiger partial charge in [-0.2, -0.15) is 0 Å². The number of carboxylic acids is 1. The van der Waals surface area contributed by atoms with E-state index in [0.717, 1.165) is 11.3 Å². The quantitative estimate of drug-likeness (QED) is 0.874. The molecule has 1 aliphatic heterocycles. The Morgan fingerprint density at radius 1 is 1.50 bits per heavy atom. The van der Waals surface area contributed by atoms with E-state index in [2.05, 4.69) is 5.32 Å². The van der Waals surface area contributed by atoms with E-state index in [-0.39, 0.29) is 18.6 Å². The molecule has 0 aliphatic carbocycles. The zero-order chi connectivity index (χ0) is 14.7. The second kappa shape index (κ2) is 5.81. The molecule has 2 atom stereocenters. The summed E-state index contributed by atoms with van der Waals surface area (Å²) in [6.45, 7) is 2.13. The molecule has 2 rings (SSSR count). The predicted octanol–water partition coefficient (Wildman–Crippen LogP) is 1.48. The maximum Gasteiger partial charge on any atom is 0.317 e. The molecule has 108 valence electrons. The minimum atomic E-state index is -0.917. The Labute approximate surface area is 117 Å². The molecule has 2 unspecified atom stereocenters. The Bertz CT molecular complexity index is 518. The first-order valence-electron chi connectivity index (χ1n) is 6.45. The summed E-state index contributed by atoms with van der Waals surface area (Å²) in [5.41, 5.74) is 0.945. The molecule has 2 N–H and O–H groups in total. The number of benzene rings is 1. The molecule has 0 radical (unpaired) electrons. The summed E-state index contributed by atoms with van der Waals surface area (Å²) in [6.07, 6.45) is 0. The number of para-hydroxylation sites is 1.